The topological polar surface area (TPSA) is 42.7 Å². The van der Waals surface area contributed by atoms with Gasteiger partial charge in [0.25, 0.3) is 0 Å². The van der Waals surface area contributed by atoms with Crippen molar-refractivity contribution >= 4 is 11.8 Å². The molecule has 1 heterocycles. The molecule has 2 rings (SSSR count). The standard InChI is InChI=1S/C15H22N4S/c1-4-10-16-13(5-2)12-8-6-7-9-14(12)20-15-17-11-18-19(15)3/h6-9,11,13,16H,4-5,10H2,1-3H3. The lowest BCUT2D eigenvalue weighted by Gasteiger charge is -2.20. The van der Waals surface area contributed by atoms with E-state index >= 15 is 0 Å². The zero-order valence-corrected chi connectivity index (χ0v) is 13.2. The highest BCUT2D eigenvalue weighted by Crippen LogP contribution is 2.32. The Morgan fingerprint density at radius 3 is 2.75 bits per heavy atom. The first kappa shape index (κ1) is 15.1. The molecule has 0 amide bonds. The van der Waals surface area contributed by atoms with Crippen LogP contribution in [-0.4, -0.2) is 21.3 Å². The van der Waals surface area contributed by atoms with Crippen molar-refractivity contribution in [2.24, 2.45) is 7.05 Å². The maximum absolute atomic E-state index is 4.29. The number of benzene rings is 1. The van der Waals surface area contributed by atoms with Crippen LogP contribution in [0.1, 0.15) is 38.3 Å². The Labute approximate surface area is 125 Å². The third-order valence-corrected chi connectivity index (χ3v) is 4.36. The molecule has 0 radical (unpaired) electrons. The van der Waals surface area contributed by atoms with Gasteiger partial charge in [0.1, 0.15) is 6.33 Å². The first-order valence-corrected chi connectivity index (χ1v) is 7.92. The van der Waals surface area contributed by atoms with Crippen molar-refractivity contribution in [3.63, 3.8) is 0 Å². The fourth-order valence-electron chi connectivity index (χ4n) is 2.13. The second kappa shape index (κ2) is 7.45. The summed E-state index contributed by atoms with van der Waals surface area (Å²) in [5, 5.41) is 8.66. The summed E-state index contributed by atoms with van der Waals surface area (Å²) in [5.41, 5.74) is 1.34. The average molecular weight is 290 g/mol. The zero-order chi connectivity index (χ0) is 14.4. The predicted octanol–water partition coefficient (Wildman–Crippen LogP) is 3.42. The van der Waals surface area contributed by atoms with Crippen molar-refractivity contribution in [3.8, 4) is 0 Å². The Morgan fingerprint density at radius 1 is 1.30 bits per heavy atom. The molecule has 108 valence electrons. The number of hydrogen-bond donors (Lipinski definition) is 1. The number of nitrogens with zero attached hydrogens (tertiary/aromatic N) is 3. The Hall–Kier alpha value is -1.33. The Kier molecular flexibility index (Phi) is 5.61. The summed E-state index contributed by atoms with van der Waals surface area (Å²) in [5.74, 6) is 0. The minimum atomic E-state index is 0.395. The Bertz CT molecular complexity index is 538. The molecule has 0 bridgehead atoms. The van der Waals surface area contributed by atoms with Gasteiger partial charge in [-0.05, 0) is 42.8 Å². The Morgan fingerprint density at radius 2 is 2.10 bits per heavy atom. The maximum atomic E-state index is 4.29. The highest BCUT2D eigenvalue weighted by Gasteiger charge is 2.14. The summed E-state index contributed by atoms with van der Waals surface area (Å²) >= 11 is 1.67. The lowest BCUT2D eigenvalue weighted by Crippen LogP contribution is -2.22. The van der Waals surface area contributed by atoms with Crippen LogP contribution in [0.4, 0.5) is 0 Å². The van der Waals surface area contributed by atoms with Crippen LogP contribution in [0.3, 0.4) is 0 Å². The van der Waals surface area contributed by atoms with E-state index in [9.17, 15) is 0 Å². The quantitative estimate of drug-likeness (QED) is 0.848. The minimum Gasteiger partial charge on any atom is -0.310 e. The molecule has 1 unspecified atom stereocenters. The molecule has 5 heteroatoms. The van der Waals surface area contributed by atoms with E-state index in [0.29, 0.717) is 6.04 Å². The molecule has 1 aromatic carbocycles. The summed E-state index contributed by atoms with van der Waals surface area (Å²) in [6, 6.07) is 8.94. The smallest absolute Gasteiger partial charge is 0.190 e. The molecule has 1 aromatic heterocycles. The number of aromatic nitrogens is 3. The molecule has 0 saturated carbocycles. The largest absolute Gasteiger partial charge is 0.310 e. The monoisotopic (exact) mass is 290 g/mol. The van der Waals surface area contributed by atoms with Crippen LogP contribution in [0, 0.1) is 0 Å². The van der Waals surface area contributed by atoms with Crippen molar-refractivity contribution < 1.29 is 0 Å². The van der Waals surface area contributed by atoms with Gasteiger partial charge in [0.05, 0.1) is 0 Å². The van der Waals surface area contributed by atoms with E-state index in [1.807, 2.05) is 11.7 Å². The summed E-state index contributed by atoms with van der Waals surface area (Å²) in [7, 11) is 1.92. The molecule has 20 heavy (non-hydrogen) atoms. The molecular weight excluding hydrogens is 268 g/mol. The van der Waals surface area contributed by atoms with Crippen molar-refractivity contribution in [1.29, 1.82) is 0 Å². The van der Waals surface area contributed by atoms with Gasteiger partial charge in [-0.2, -0.15) is 5.10 Å². The van der Waals surface area contributed by atoms with Gasteiger partial charge >= 0.3 is 0 Å². The number of rotatable bonds is 7. The van der Waals surface area contributed by atoms with Crippen LogP contribution in [0.25, 0.3) is 0 Å². The highest BCUT2D eigenvalue weighted by atomic mass is 32.2. The third kappa shape index (κ3) is 3.61. The number of nitrogens with one attached hydrogen (secondary N) is 1. The van der Waals surface area contributed by atoms with Gasteiger partial charge in [-0.25, -0.2) is 9.67 Å². The molecule has 1 atom stereocenters. The van der Waals surface area contributed by atoms with Crippen LogP contribution < -0.4 is 5.32 Å². The van der Waals surface area contributed by atoms with Gasteiger partial charge in [0.15, 0.2) is 5.16 Å². The Balaban J connectivity index is 2.23. The summed E-state index contributed by atoms with van der Waals surface area (Å²) in [6.45, 7) is 5.46. The van der Waals surface area contributed by atoms with Crippen molar-refractivity contribution in [2.75, 3.05) is 6.54 Å². The van der Waals surface area contributed by atoms with Crippen LogP contribution in [0.5, 0.6) is 0 Å². The van der Waals surface area contributed by atoms with Crippen LogP contribution in [0.15, 0.2) is 40.6 Å². The van der Waals surface area contributed by atoms with Gasteiger partial charge in [-0.15, -0.1) is 0 Å². The van der Waals surface area contributed by atoms with Crippen molar-refractivity contribution in [1.82, 2.24) is 20.1 Å². The van der Waals surface area contributed by atoms with E-state index in [2.05, 4.69) is 53.5 Å². The van der Waals surface area contributed by atoms with E-state index in [0.717, 1.165) is 24.5 Å². The fourth-order valence-corrected chi connectivity index (χ4v) is 3.08. The lowest BCUT2D eigenvalue weighted by atomic mass is 10.0. The molecule has 1 N–H and O–H groups in total. The fraction of sp³-hybridized carbons (Fsp3) is 0.467. The minimum absolute atomic E-state index is 0.395. The molecule has 0 aliphatic heterocycles. The van der Waals surface area contributed by atoms with Gasteiger partial charge < -0.3 is 5.32 Å². The number of aryl methyl sites for hydroxylation is 1. The van der Waals surface area contributed by atoms with Crippen LogP contribution in [0.2, 0.25) is 0 Å². The second-order valence-corrected chi connectivity index (χ2v) is 5.73. The molecule has 0 saturated heterocycles. The van der Waals surface area contributed by atoms with E-state index in [4.69, 9.17) is 0 Å². The molecular formula is C15H22N4S. The van der Waals surface area contributed by atoms with E-state index in [1.54, 1.807) is 18.1 Å². The molecule has 4 nitrogen and oxygen atoms in total. The third-order valence-electron chi connectivity index (χ3n) is 3.21. The van der Waals surface area contributed by atoms with E-state index in [1.165, 1.54) is 10.5 Å². The first-order valence-electron chi connectivity index (χ1n) is 7.10. The van der Waals surface area contributed by atoms with Crippen LogP contribution >= 0.6 is 11.8 Å². The van der Waals surface area contributed by atoms with E-state index in [-0.39, 0.29) is 0 Å². The maximum Gasteiger partial charge on any atom is 0.190 e. The predicted molar refractivity (Wildman–Crippen MR) is 82.9 cm³/mol. The normalized spacial score (nSPS) is 12.6. The van der Waals surface area contributed by atoms with Gasteiger partial charge in [-0.1, -0.05) is 32.0 Å². The lowest BCUT2D eigenvalue weighted by molar-refractivity contribution is 0.512. The van der Waals surface area contributed by atoms with Crippen molar-refractivity contribution in [2.45, 2.75) is 42.8 Å². The molecule has 0 aliphatic rings. The highest BCUT2D eigenvalue weighted by molar-refractivity contribution is 7.99. The molecule has 2 aromatic rings. The van der Waals surface area contributed by atoms with E-state index < -0.39 is 0 Å². The zero-order valence-electron chi connectivity index (χ0n) is 12.3. The van der Waals surface area contributed by atoms with Gasteiger partial charge in [-0.3, -0.25) is 0 Å². The average Bonchev–Trinajstić information content (AvgIpc) is 2.87. The van der Waals surface area contributed by atoms with Crippen LogP contribution in [-0.2, 0) is 7.05 Å². The summed E-state index contributed by atoms with van der Waals surface area (Å²) in [6.07, 6.45) is 3.82. The molecule has 0 spiro atoms. The first-order chi connectivity index (χ1) is 9.76. The van der Waals surface area contributed by atoms with Crippen molar-refractivity contribution in [3.05, 3.63) is 36.2 Å². The van der Waals surface area contributed by atoms with Gasteiger partial charge in [0.2, 0.25) is 0 Å². The van der Waals surface area contributed by atoms with Gasteiger partial charge in [0, 0.05) is 18.0 Å². The molecule has 0 fully saturated rings. The molecule has 0 aliphatic carbocycles. The second-order valence-electron chi connectivity index (χ2n) is 4.72. The number of hydrogen-bond acceptors (Lipinski definition) is 4. The summed E-state index contributed by atoms with van der Waals surface area (Å²) in [4.78, 5) is 5.54. The SMILES string of the molecule is CCCNC(CC)c1ccccc1Sc1ncnn1C. The summed E-state index contributed by atoms with van der Waals surface area (Å²) < 4.78 is 1.81.